The Morgan fingerprint density at radius 2 is 1.43 bits per heavy atom. The number of hydrogen-bond acceptors (Lipinski definition) is 7. The summed E-state index contributed by atoms with van der Waals surface area (Å²) in [7, 11) is 1.71. The second-order valence-electron chi connectivity index (χ2n) is 16.4. The summed E-state index contributed by atoms with van der Waals surface area (Å²) in [4.78, 5) is 36.7. The molecule has 290 valence electrons. The Balaban J connectivity index is 0.787. The van der Waals surface area contributed by atoms with E-state index in [-0.39, 0.29) is 23.6 Å². The van der Waals surface area contributed by atoms with E-state index in [0.717, 1.165) is 75.7 Å². The smallest absolute Gasteiger partial charge is 0.388 e. The van der Waals surface area contributed by atoms with Gasteiger partial charge in [-0.15, -0.1) is 4.99 Å². The molecule has 5 aliphatic rings. The Morgan fingerprint density at radius 3 is 2.16 bits per heavy atom. The summed E-state index contributed by atoms with van der Waals surface area (Å²) in [5, 5.41) is 20.6. The predicted molar refractivity (Wildman–Crippen MR) is 217 cm³/mol. The molecule has 0 aromatic heterocycles. The SMILES string of the molecule is COc1ccc([C@H]2CCc3cc(O)ccc3[C@H]2c2ccc(N3CCC(CN4CCN(c5ccc6c(c5)CN(C5CCC(=O)[NH+]=C5O)C6=O)CC4)CC3)cc2)cc1. The second-order valence-corrected chi connectivity index (χ2v) is 16.4. The van der Waals surface area contributed by atoms with Gasteiger partial charge in [-0.05, 0) is 126 Å². The van der Waals surface area contributed by atoms with E-state index in [2.05, 4.69) is 86.4 Å². The molecule has 4 aliphatic heterocycles. The lowest BCUT2D eigenvalue weighted by molar-refractivity contribution is -0.394. The second kappa shape index (κ2) is 15.3. The summed E-state index contributed by atoms with van der Waals surface area (Å²) in [6.45, 7) is 7.67. The number of aryl methyl sites for hydroxylation is 1. The molecule has 2 saturated heterocycles. The number of piperidine rings is 1. The molecule has 0 bridgehead atoms. The lowest BCUT2D eigenvalue weighted by Crippen LogP contribution is -2.82. The standard InChI is InChI=1S/C46H51N5O5/c1-56-38-11-4-31(5-12-38)39-13-6-33-27-37(52)10-15-40(33)44(39)32-2-7-35(8-3-32)49-20-18-30(19-21-49)28-48-22-24-50(25-23-48)36-9-14-41-34(26-36)29-51(46(41)55)42-16-17-43(53)47-45(42)54/h2-5,7-12,14-15,26-27,30,39,42,44,52H,6,13,16-25,28-29H2,1H3,(H,47,53,54)/p+1/t39-,42?,44+/m1/s1. The molecule has 10 nitrogen and oxygen atoms in total. The maximum atomic E-state index is 13.2. The van der Waals surface area contributed by atoms with Crippen LogP contribution in [0.2, 0.25) is 0 Å². The third-order valence-electron chi connectivity index (χ3n) is 13.1. The number of nitrogens with one attached hydrogen (secondary N) is 1. The molecule has 0 saturated carbocycles. The van der Waals surface area contributed by atoms with E-state index in [4.69, 9.17) is 4.74 Å². The summed E-state index contributed by atoms with van der Waals surface area (Å²) >= 11 is 0. The van der Waals surface area contributed by atoms with E-state index >= 15 is 0 Å². The average Bonchev–Trinajstić information content (AvgIpc) is 3.55. The van der Waals surface area contributed by atoms with Gasteiger partial charge in [-0.25, -0.2) is 4.79 Å². The minimum atomic E-state index is -0.478. The quantitative estimate of drug-likeness (QED) is 0.231. The van der Waals surface area contributed by atoms with Crippen LogP contribution in [0.5, 0.6) is 11.5 Å². The number of carbonyl (C=O) groups excluding carboxylic acids is 2. The number of hydrogen-bond donors (Lipinski definition) is 3. The zero-order chi connectivity index (χ0) is 38.3. The number of amides is 2. The molecule has 0 spiro atoms. The summed E-state index contributed by atoms with van der Waals surface area (Å²) in [6, 6.07) is 29.4. The van der Waals surface area contributed by atoms with Crippen LogP contribution >= 0.6 is 0 Å². The van der Waals surface area contributed by atoms with Crippen molar-refractivity contribution in [3.63, 3.8) is 0 Å². The fourth-order valence-corrected chi connectivity index (χ4v) is 10.0. The number of nitrogens with zero attached hydrogens (tertiary/aromatic N) is 4. The highest BCUT2D eigenvalue weighted by molar-refractivity contribution is 6.01. The molecule has 3 atom stereocenters. The van der Waals surface area contributed by atoms with Gasteiger partial charge in [0.2, 0.25) is 0 Å². The van der Waals surface area contributed by atoms with Gasteiger partial charge in [0.05, 0.1) is 13.5 Å². The third kappa shape index (κ3) is 7.11. The first-order valence-corrected chi connectivity index (χ1v) is 20.4. The van der Waals surface area contributed by atoms with Crippen LogP contribution in [0, 0.1) is 5.92 Å². The van der Waals surface area contributed by atoms with Gasteiger partial charge in [-0.3, -0.25) is 9.69 Å². The maximum absolute atomic E-state index is 13.2. The van der Waals surface area contributed by atoms with Crippen molar-refractivity contribution in [1.29, 1.82) is 0 Å². The molecule has 1 aliphatic carbocycles. The first-order valence-electron chi connectivity index (χ1n) is 20.4. The van der Waals surface area contributed by atoms with E-state index in [0.29, 0.717) is 42.5 Å². The van der Waals surface area contributed by atoms with Crippen LogP contribution in [0.1, 0.15) is 82.1 Å². The number of methoxy groups -OCH3 is 1. The summed E-state index contributed by atoms with van der Waals surface area (Å²) in [5.74, 6) is 2.05. The predicted octanol–water partition coefficient (Wildman–Crippen LogP) is 4.98. The minimum absolute atomic E-state index is 0.0841. The number of phenolic OH excluding ortho intramolecular Hbond substituents is 1. The van der Waals surface area contributed by atoms with Crippen LogP contribution in [0.3, 0.4) is 0 Å². The molecule has 1 unspecified atom stereocenters. The van der Waals surface area contributed by atoms with Crippen LogP contribution in [-0.4, -0.2) is 96.7 Å². The van der Waals surface area contributed by atoms with E-state index in [1.165, 1.54) is 40.8 Å². The summed E-state index contributed by atoms with van der Waals surface area (Å²) < 4.78 is 5.45. The van der Waals surface area contributed by atoms with E-state index in [9.17, 15) is 19.8 Å². The molecule has 9 rings (SSSR count). The highest BCUT2D eigenvalue weighted by Gasteiger charge is 2.41. The van der Waals surface area contributed by atoms with Gasteiger partial charge in [-0.2, -0.15) is 0 Å². The van der Waals surface area contributed by atoms with Crippen molar-refractivity contribution in [2.45, 2.75) is 62.9 Å². The number of ether oxygens (including phenoxy) is 1. The number of aliphatic hydroxyl groups excluding tert-OH is 1. The fraction of sp³-hybridized carbons (Fsp3) is 0.413. The molecule has 4 heterocycles. The van der Waals surface area contributed by atoms with Crippen molar-refractivity contribution < 1.29 is 29.5 Å². The average molecular weight is 755 g/mol. The number of fused-ring (bicyclic) bond motifs is 2. The molecule has 4 aromatic rings. The number of aromatic hydroxyl groups is 1. The van der Waals surface area contributed by atoms with E-state index in [1.54, 1.807) is 12.0 Å². The van der Waals surface area contributed by atoms with E-state index in [1.807, 2.05) is 18.2 Å². The molecular formula is C46H52N5O5+. The Labute approximate surface area is 329 Å². The molecule has 2 fully saturated rings. The topological polar surface area (TPSA) is 111 Å². The zero-order valence-electron chi connectivity index (χ0n) is 32.2. The van der Waals surface area contributed by atoms with Crippen LogP contribution in [0.15, 0.2) is 84.9 Å². The van der Waals surface area contributed by atoms with Gasteiger partial charge in [0.15, 0.2) is 6.04 Å². The summed E-state index contributed by atoms with van der Waals surface area (Å²) in [5.41, 5.74) is 9.32. The molecule has 3 N–H and O–H groups in total. The van der Waals surface area contributed by atoms with Crippen LogP contribution in [0.25, 0.3) is 0 Å². The minimum Gasteiger partial charge on any atom is -0.508 e. The first-order chi connectivity index (χ1) is 27.3. The Hall–Kier alpha value is -5.35. The number of piperazine rings is 1. The van der Waals surface area contributed by atoms with Crippen molar-refractivity contribution >= 4 is 29.1 Å². The molecule has 2 amide bonds. The molecule has 4 aromatic carbocycles. The van der Waals surface area contributed by atoms with Crippen LogP contribution in [-0.2, 0) is 17.8 Å². The zero-order valence-corrected chi connectivity index (χ0v) is 32.2. The number of phenols is 1. The summed E-state index contributed by atoms with van der Waals surface area (Å²) in [6.07, 6.45) is 5.10. The van der Waals surface area contributed by atoms with Crippen molar-refractivity contribution in [1.82, 2.24) is 9.80 Å². The lowest BCUT2D eigenvalue weighted by Gasteiger charge is -2.40. The molecule has 0 radical (unpaired) electrons. The normalized spacial score (nSPS) is 23.2. The number of anilines is 2. The first kappa shape index (κ1) is 36.3. The van der Waals surface area contributed by atoms with Gasteiger partial charge in [0.1, 0.15) is 11.5 Å². The maximum Gasteiger partial charge on any atom is 0.388 e. The van der Waals surface area contributed by atoms with Crippen molar-refractivity contribution in [3.8, 4) is 11.5 Å². The fourth-order valence-electron chi connectivity index (χ4n) is 10.0. The highest BCUT2D eigenvalue weighted by atomic mass is 16.5. The Kier molecular flexibility index (Phi) is 9.91. The number of aliphatic hydroxyl groups is 1. The highest BCUT2D eigenvalue weighted by Crippen LogP contribution is 2.47. The van der Waals surface area contributed by atoms with Crippen molar-refractivity contribution in [2.75, 3.05) is 62.7 Å². The molecular weight excluding hydrogens is 703 g/mol. The van der Waals surface area contributed by atoms with Crippen molar-refractivity contribution in [3.05, 3.63) is 118 Å². The number of carbonyl (C=O) groups is 2. The lowest BCUT2D eigenvalue weighted by atomic mass is 9.69. The molecule has 10 heteroatoms. The van der Waals surface area contributed by atoms with Gasteiger partial charge >= 0.3 is 11.8 Å². The van der Waals surface area contributed by atoms with Gasteiger partial charge in [-0.1, -0.05) is 30.3 Å². The number of rotatable bonds is 8. The van der Waals surface area contributed by atoms with Crippen LogP contribution < -0.4 is 19.5 Å². The van der Waals surface area contributed by atoms with Crippen LogP contribution in [0.4, 0.5) is 11.4 Å². The monoisotopic (exact) mass is 754 g/mol. The van der Waals surface area contributed by atoms with Gasteiger partial charge in [0.25, 0.3) is 5.91 Å². The number of benzene rings is 4. The van der Waals surface area contributed by atoms with Gasteiger partial charge in [0, 0.05) is 75.2 Å². The van der Waals surface area contributed by atoms with E-state index < -0.39 is 6.04 Å². The molecule has 56 heavy (non-hydrogen) atoms. The third-order valence-corrected chi connectivity index (χ3v) is 13.1. The largest absolute Gasteiger partial charge is 0.508 e. The Bertz CT molecular complexity index is 2120. The van der Waals surface area contributed by atoms with Gasteiger partial charge < -0.3 is 29.6 Å². The Morgan fingerprint density at radius 1 is 0.714 bits per heavy atom. The van der Waals surface area contributed by atoms with Crippen molar-refractivity contribution in [2.24, 2.45) is 5.92 Å².